The van der Waals surface area contributed by atoms with E-state index in [1.807, 2.05) is 0 Å². The lowest BCUT2D eigenvalue weighted by molar-refractivity contribution is 0.409. The lowest BCUT2D eigenvalue weighted by Crippen LogP contribution is -2.37. The van der Waals surface area contributed by atoms with E-state index in [4.69, 9.17) is 0 Å². The van der Waals surface area contributed by atoms with E-state index in [0.717, 1.165) is 0 Å². The second-order valence-corrected chi connectivity index (χ2v) is 5.37. The summed E-state index contributed by atoms with van der Waals surface area (Å²) in [6, 6.07) is 0. The Balaban J connectivity index is 2.56. The minimum absolute atomic E-state index is 0.978. The first-order valence-corrected chi connectivity index (χ1v) is 6.47. The molecule has 0 amide bonds. The third-order valence-electron chi connectivity index (χ3n) is 3.36. The van der Waals surface area contributed by atoms with E-state index in [0.29, 0.717) is 0 Å². The molecule has 0 aliphatic carbocycles. The van der Waals surface area contributed by atoms with Gasteiger partial charge in [-0.15, -0.1) is 15.8 Å². The zero-order valence-corrected chi connectivity index (χ0v) is 11.6. The van der Waals surface area contributed by atoms with Gasteiger partial charge in [0.1, 0.15) is 0 Å². The van der Waals surface area contributed by atoms with E-state index in [-0.39, 0.29) is 0 Å². The van der Waals surface area contributed by atoms with Crippen molar-refractivity contribution in [1.29, 1.82) is 0 Å². The van der Waals surface area contributed by atoms with Gasteiger partial charge >= 0.3 is 0 Å². The quantitative estimate of drug-likeness (QED) is 0.282. The molecular weight excluding hydrogens is 387 g/mol. The van der Waals surface area contributed by atoms with Crippen molar-refractivity contribution in [3.63, 3.8) is 0 Å². The van der Waals surface area contributed by atoms with Gasteiger partial charge in [-0.05, 0) is 10.9 Å². The van der Waals surface area contributed by atoms with Crippen LogP contribution in [0.4, 0.5) is 35.1 Å². The fraction of sp³-hybridized carbons (Fsp3) is 0. The lowest BCUT2D eigenvalue weighted by atomic mass is 9.66. The van der Waals surface area contributed by atoms with E-state index >= 15 is 0 Å². The molecule has 0 nitrogen and oxygen atoms in total. The van der Waals surface area contributed by atoms with Gasteiger partial charge in [0, 0.05) is 11.1 Å². The molecule has 0 saturated heterocycles. The van der Waals surface area contributed by atoms with Gasteiger partial charge in [0.25, 0.3) is 5.54 Å². The monoisotopic (exact) mass is 386 g/mol. The van der Waals surface area contributed by atoms with Crippen molar-refractivity contribution in [1.82, 2.24) is 0 Å². The highest BCUT2D eigenvalue weighted by molar-refractivity contribution is 9.25. The summed E-state index contributed by atoms with van der Waals surface area (Å²) in [6.45, 7) is 0. The maximum absolute atomic E-state index is 13.8. The van der Waals surface area contributed by atoms with E-state index in [1.165, 1.54) is 0 Å². The Kier molecular flexibility index (Phi) is 3.28. The number of hydrogen-bond donors (Lipinski definition) is 0. The minimum atomic E-state index is -2.27. The first-order valence-electron chi connectivity index (χ1n) is 5.56. The van der Waals surface area contributed by atoms with Crippen LogP contribution in [0.2, 0.25) is 0 Å². The predicted molar refractivity (Wildman–Crippen MR) is 65.5 cm³/mol. The molecule has 1 aliphatic rings. The smallest absolute Gasteiger partial charge is 0.204 e. The van der Waals surface area contributed by atoms with Crippen molar-refractivity contribution in [3.8, 4) is 11.1 Å². The lowest BCUT2D eigenvalue weighted by Gasteiger charge is -2.09. The van der Waals surface area contributed by atoms with E-state index < -0.39 is 74.1 Å². The van der Waals surface area contributed by atoms with Crippen LogP contribution in [0.3, 0.4) is 0 Å². The molecule has 10 heteroatoms. The van der Waals surface area contributed by atoms with Crippen LogP contribution in [-0.4, -0.2) is 5.54 Å². The highest BCUT2D eigenvalue weighted by Gasteiger charge is 2.44. The molecule has 22 heavy (non-hydrogen) atoms. The Morgan fingerprint density at radius 1 is 0.455 bits per heavy atom. The Morgan fingerprint density at radius 2 is 0.727 bits per heavy atom. The SMILES string of the molecule is Fc1c(F)c(F)c2c(c1F)B(Br)c1c(F)c(F)c(F)c(F)c1-2. The largest absolute Gasteiger partial charge is 0.295 e. The summed E-state index contributed by atoms with van der Waals surface area (Å²) in [6.07, 6.45) is 0. The standard InChI is InChI=1S/C12BBrF8/c14-13-3-1(5(15)9(19)11(21)7(3)17)2-4(13)8(18)12(22)10(20)6(2)16. The molecule has 0 aromatic heterocycles. The number of benzene rings is 2. The summed E-state index contributed by atoms with van der Waals surface area (Å²) in [5.74, 6) is -16.8. The first-order chi connectivity index (χ1) is 10.2. The fourth-order valence-electron chi connectivity index (χ4n) is 2.41. The van der Waals surface area contributed by atoms with Crippen LogP contribution in [0.15, 0.2) is 0 Å². The molecule has 2 aromatic carbocycles. The van der Waals surface area contributed by atoms with E-state index in [1.54, 1.807) is 0 Å². The summed E-state index contributed by atoms with van der Waals surface area (Å²) in [7, 11) is 0. The highest BCUT2D eigenvalue weighted by atomic mass is 79.9. The van der Waals surface area contributed by atoms with E-state index in [2.05, 4.69) is 15.8 Å². The normalized spacial score (nSPS) is 12.7. The molecule has 1 heterocycles. The molecule has 0 N–H and O–H groups in total. The van der Waals surface area contributed by atoms with Gasteiger partial charge in [0.05, 0.1) is 0 Å². The third-order valence-corrected chi connectivity index (χ3v) is 4.28. The summed E-state index contributed by atoms with van der Waals surface area (Å²) < 4.78 is 108. The van der Waals surface area contributed by atoms with Crippen molar-refractivity contribution in [3.05, 3.63) is 46.5 Å². The summed E-state index contributed by atoms with van der Waals surface area (Å²) in [4.78, 5) is 0. The van der Waals surface area contributed by atoms with Crippen LogP contribution < -0.4 is 10.9 Å². The van der Waals surface area contributed by atoms with Crippen LogP contribution >= 0.6 is 15.8 Å². The van der Waals surface area contributed by atoms with Gasteiger partial charge in [-0.1, -0.05) is 0 Å². The van der Waals surface area contributed by atoms with Gasteiger partial charge in [0.2, 0.25) is 0 Å². The Bertz CT molecular complexity index is 781. The van der Waals surface area contributed by atoms with Gasteiger partial charge < -0.3 is 0 Å². The van der Waals surface area contributed by atoms with Crippen molar-refractivity contribution in [2.45, 2.75) is 0 Å². The van der Waals surface area contributed by atoms with E-state index in [9.17, 15) is 35.1 Å². The van der Waals surface area contributed by atoms with Crippen molar-refractivity contribution in [2.75, 3.05) is 0 Å². The molecule has 114 valence electrons. The van der Waals surface area contributed by atoms with Gasteiger partial charge in [0.15, 0.2) is 46.5 Å². The molecule has 1 aliphatic heterocycles. The molecule has 0 bridgehead atoms. The molecule has 0 spiro atoms. The van der Waals surface area contributed by atoms with Gasteiger partial charge in [-0.2, -0.15) is 0 Å². The van der Waals surface area contributed by atoms with Crippen LogP contribution in [0.1, 0.15) is 0 Å². The van der Waals surface area contributed by atoms with Crippen molar-refractivity contribution >= 4 is 32.2 Å². The van der Waals surface area contributed by atoms with Crippen LogP contribution in [0, 0.1) is 46.5 Å². The molecule has 2 aromatic rings. The van der Waals surface area contributed by atoms with Crippen molar-refractivity contribution < 1.29 is 35.1 Å². The zero-order valence-electron chi connectivity index (χ0n) is 9.98. The summed E-state index contributed by atoms with van der Waals surface area (Å²) in [5, 5.41) is 0. The third kappa shape index (κ3) is 1.64. The van der Waals surface area contributed by atoms with Gasteiger partial charge in [-0.3, -0.25) is 0 Å². The maximum atomic E-state index is 13.8. The Morgan fingerprint density at radius 3 is 1.05 bits per heavy atom. The average Bonchev–Trinajstić information content (AvgIpc) is 2.80. The molecule has 3 rings (SSSR count). The second kappa shape index (κ2) is 4.71. The topological polar surface area (TPSA) is 0 Å². The van der Waals surface area contributed by atoms with Crippen LogP contribution in [-0.2, 0) is 0 Å². The number of halogens is 9. The number of fused-ring (bicyclic) bond motifs is 3. The fourth-order valence-corrected chi connectivity index (χ4v) is 3.27. The highest BCUT2D eigenvalue weighted by Crippen LogP contribution is 2.35. The summed E-state index contributed by atoms with van der Waals surface area (Å²) in [5.41, 5.74) is -6.05. The van der Waals surface area contributed by atoms with Crippen molar-refractivity contribution in [2.24, 2.45) is 0 Å². The molecule has 0 radical (unpaired) electrons. The predicted octanol–water partition coefficient (Wildman–Crippen LogP) is 3.28. The van der Waals surface area contributed by atoms with Gasteiger partial charge in [-0.25, -0.2) is 35.1 Å². The zero-order chi connectivity index (χ0) is 16.5. The summed E-state index contributed by atoms with van der Waals surface area (Å²) >= 11 is 2.63. The van der Waals surface area contributed by atoms with Crippen LogP contribution in [0.25, 0.3) is 11.1 Å². The molecule has 0 fully saturated rings. The number of rotatable bonds is 0. The first kappa shape index (κ1) is 15.3. The molecule has 0 unspecified atom stereocenters. The average molecular weight is 387 g/mol. The molecular formula is C12BBrF8. The Hall–Kier alpha value is -1.58. The second-order valence-electron chi connectivity index (χ2n) is 4.45. The minimum Gasteiger partial charge on any atom is -0.204 e. The maximum Gasteiger partial charge on any atom is 0.295 e. The van der Waals surface area contributed by atoms with Crippen LogP contribution in [0.5, 0.6) is 0 Å². The Labute approximate surface area is 125 Å². The molecule has 0 saturated carbocycles. The molecule has 0 atom stereocenters. The number of hydrogen-bond acceptors (Lipinski definition) is 0.